The van der Waals surface area contributed by atoms with Gasteiger partial charge in [-0.2, -0.15) is 0 Å². The van der Waals surface area contributed by atoms with Crippen LogP contribution in [0.5, 0.6) is 0 Å². The molecule has 1 atom stereocenters. The molecule has 1 aliphatic heterocycles. The zero-order valence-electron chi connectivity index (χ0n) is 7.44. The van der Waals surface area contributed by atoms with E-state index in [1.54, 1.807) is 0 Å². The molecular formula is C9H17Cl2N. The molecule has 0 aliphatic carbocycles. The van der Waals surface area contributed by atoms with Crippen LogP contribution in [0.1, 0.15) is 25.7 Å². The fraction of sp³-hybridized carbons (Fsp3) is 1.00. The number of hydrogen-bond donors (Lipinski definition) is 0. The Labute approximate surface area is 85.0 Å². The van der Waals surface area contributed by atoms with Gasteiger partial charge in [0.1, 0.15) is 0 Å². The molecule has 1 heterocycles. The third kappa shape index (κ3) is 3.12. The van der Waals surface area contributed by atoms with Gasteiger partial charge < -0.3 is 0 Å². The second-order valence-electron chi connectivity index (χ2n) is 3.38. The largest absolute Gasteiger partial charge is 0.299 e. The van der Waals surface area contributed by atoms with Gasteiger partial charge in [0.15, 0.2) is 0 Å². The zero-order valence-corrected chi connectivity index (χ0v) is 8.95. The van der Waals surface area contributed by atoms with Gasteiger partial charge in [0, 0.05) is 17.8 Å². The van der Waals surface area contributed by atoms with E-state index in [1.807, 2.05) is 0 Å². The predicted molar refractivity (Wildman–Crippen MR) is 55.3 cm³/mol. The molecule has 0 N–H and O–H groups in total. The molecule has 0 aromatic rings. The first-order valence-electron chi connectivity index (χ1n) is 4.74. The standard InChI is InChI=1S/C9H17Cl2N/c10-5-3-7-12-6-2-1-4-9(12)8-11/h9H,1-8H2/t9-/m1/s1. The number of hydrogen-bond acceptors (Lipinski definition) is 1. The minimum atomic E-state index is 0.614. The van der Waals surface area contributed by atoms with Crippen LogP contribution in [0.2, 0.25) is 0 Å². The Hall–Kier alpha value is 0.540. The van der Waals surface area contributed by atoms with Crippen LogP contribution in [0.4, 0.5) is 0 Å². The van der Waals surface area contributed by atoms with Crippen molar-refractivity contribution >= 4 is 23.2 Å². The monoisotopic (exact) mass is 209 g/mol. The molecule has 0 aromatic carbocycles. The molecule has 0 radical (unpaired) electrons. The molecule has 3 heteroatoms. The minimum Gasteiger partial charge on any atom is -0.299 e. The lowest BCUT2D eigenvalue weighted by Crippen LogP contribution is -2.41. The lowest BCUT2D eigenvalue weighted by atomic mass is 10.0. The molecule has 1 saturated heterocycles. The van der Waals surface area contributed by atoms with Crippen molar-refractivity contribution in [1.29, 1.82) is 0 Å². The molecule has 1 aliphatic rings. The molecular weight excluding hydrogens is 193 g/mol. The summed E-state index contributed by atoms with van der Waals surface area (Å²) in [6, 6.07) is 0.614. The average molecular weight is 210 g/mol. The summed E-state index contributed by atoms with van der Waals surface area (Å²) in [4.78, 5) is 2.49. The van der Waals surface area contributed by atoms with Gasteiger partial charge in [0.2, 0.25) is 0 Å². The summed E-state index contributed by atoms with van der Waals surface area (Å²) in [6.07, 6.45) is 5.03. The van der Waals surface area contributed by atoms with E-state index in [9.17, 15) is 0 Å². The third-order valence-corrected chi connectivity index (χ3v) is 3.13. The molecule has 1 nitrogen and oxygen atoms in total. The van der Waals surface area contributed by atoms with Gasteiger partial charge in [-0.15, -0.1) is 23.2 Å². The first kappa shape index (κ1) is 10.6. The normalized spacial score (nSPS) is 26.0. The molecule has 0 unspecified atom stereocenters. The fourth-order valence-electron chi connectivity index (χ4n) is 1.79. The van der Waals surface area contributed by atoms with E-state index in [4.69, 9.17) is 23.2 Å². The van der Waals surface area contributed by atoms with E-state index in [2.05, 4.69) is 4.90 Å². The van der Waals surface area contributed by atoms with E-state index < -0.39 is 0 Å². The van der Waals surface area contributed by atoms with Crippen LogP contribution < -0.4 is 0 Å². The smallest absolute Gasteiger partial charge is 0.0379 e. The second kappa shape index (κ2) is 6.06. The molecule has 0 aromatic heterocycles. The van der Waals surface area contributed by atoms with Gasteiger partial charge in [-0.25, -0.2) is 0 Å². The van der Waals surface area contributed by atoms with Gasteiger partial charge in [-0.3, -0.25) is 4.90 Å². The Morgan fingerprint density at radius 2 is 2.08 bits per heavy atom. The highest BCUT2D eigenvalue weighted by Gasteiger charge is 2.20. The number of alkyl halides is 2. The zero-order chi connectivity index (χ0) is 8.81. The summed E-state index contributed by atoms with van der Waals surface area (Å²) in [5.74, 6) is 1.55. The summed E-state index contributed by atoms with van der Waals surface area (Å²) in [6.45, 7) is 2.34. The summed E-state index contributed by atoms with van der Waals surface area (Å²) in [5.41, 5.74) is 0. The van der Waals surface area contributed by atoms with Gasteiger partial charge >= 0.3 is 0 Å². The maximum absolute atomic E-state index is 5.88. The van der Waals surface area contributed by atoms with Crippen LogP contribution in [-0.2, 0) is 0 Å². The third-order valence-electron chi connectivity index (χ3n) is 2.51. The SMILES string of the molecule is ClCCCN1CCCC[C@@H]1CCl. The highest BCUT2D eigenvalue weighted by atomic mass is 35.5. The van der Waals surface area contributed by atoms with Crippen molar-refractivity contribution < 1.29 is 0 Å². The van der Waals surface area contributed by atoms with E-state index in [-0.39, 0.29) is 0 Å². The second-order valence-corrected chi connectivity index (χ2v) is 4.07. The van der Waals surface area contributed by atoms with Crippen LogP contribution >= 0.6 is 23.2 Å². The maximum Gasteiger partial charge on any atom is 0.0379 e. The number of likely N-dealkylation sites (tertiary alicyclic amines) is 1. The van der Waals surface area contributed by atoms with Crippen molar-refractivity contribution in [3.8, 4) is 0 Å². The number of nitrogens with zero attached hydrogens (tertiary/aromatic N) is 1. The molecule has 1 fully saturated rings. The Kier molecular flexibility index (Phi) is 5.37. The van der Waals surface area contributed by atoms with Gasteiger partial charge in [-0.05, 0) is 32.4 Å². The number of rotatable bonds is 4. The quantitative estimate of drug-likeness (QED) is 0.645. The Morgan fingerprint density at radius 1 is 1.25 bits per heavy atom. The highest BCUT2D eigenvalue weighted by molar-refractivity contribution is 6.18. The summed E-state index contributed by atoms with van der Waals surface area (Å²) in [5, 5.41) is 0. The van der Waals surface area contributed by atoms with Crippen molar-refractivity contribution in [3.63, 3.8) is 0 Å². The van der Waals surface area contributed by atoms with Crippen molar-refractivity contribution in [3.05, 3.63) is 0 Å². The van der Waals surface area contributed by atoms with Crippen LogP contribution in [0.3, 0.4) is 0 Å². The van der Waals surface area contributed by atoms with E-state index in [0.717, 1.165) is 24.7 Å². The summed E-state index contributed by atoms with van der Waals surface area (Å²) < 4.78 is 0. The average Bonchev–Trinajstić information content (AvgIpc) is 2.15. The van der Waals surface area contributed by atoms with E-state index in [0.29, 0.717) is 6.04 Å². The lowest BCUT2D eigenvalue weighted by molar-refractivity contribution is 0.164. The van der Waals surface area contributed by atoms with Gasteiger partial charge in [0.25, 0.3) is 0 Å². The van der Waals surface area contributed by atoms with Crippen molar-refractivity contribution in [2.45, 2.75) is 31.7 Å². The van der Waals surface area contributed by atoms with E-state index in [1.165, 1.54) is 25.8 Å². The van der Waals surface area contributed by atoms with Gasteiger partial charge in [0.05, 0.1) is 0 Å². The molecule has 0 saturated carbocycles. The first-order valence-corrected chi connectivity index (χ1v) is 5.81. The number of halogens is 2. The molecule has 1 rings (SSSR count). The topological polar surface area (TPSA) is 3.24 Å². The Bertz CT molecular complexity index is 119. The summed E-state index contributed by atoms with van der Waals surface area (Å²) in [7, 11) is 0. The molecule has 0 bridgehead atoms. The minimum absolute atomic E-state index is 0.614. The van der Waals surface area contributed by atoms with Crippen molar-refractivity contribution in [2.75, 3.05) is 24.8 Å². The molecule has 72 valence electrons. The predicted octanol–water partition coefficient (Wildman–Crippen LogP) is 2.71. The van der Waals surface area contributed by atoms with Crippen LogP contribution in [0.15, 0.2) is 0 Å². The van der Waals surface area contributed by atoms with E-state index >= 15 is 0 Å². The first-order chi connectivity index (χ1) is 5.88. The van der Waals surface area contributed by atoms with Crippen LogP contribution in [0, 0.1) is 0 Å². The lowest BCUT2D eigenvalue weighted by Gasteiger charge is -2.34. The molecule has 12 heavy (non-hydrogen) atoms. The van der Waals surface area contributed by atoms with Gasteiger partial charge in [-0.1, -0.05) is 6.42 Å². The van der Waals surface area contributed by atoms with Crippen LogP contribution in [0.25, 0.3) is 0 Å². The summed E-state index contributed by atoms with van der Waals surface area (Å²) >= 11 is 11.5. The van der Waals surface area contributed by atoms with Crippen LogP contribution in [-0.4, -0.2) is 35.8 Å². The van der Waals surface area contributed by atoms with Crippen molar-refractivity contribution in [2.24, 2.45) is 0 Å². The fourth-order valence-corrected chi connectivity index (χ4v) is 2.26. The maximum atomic E-state index is 5.88. The molecule has 0 spiro atoms. The Balaban J connectivity index is 2.26. The molecule has 0 amide bonds. The number of piperidine rings is 1. The Morgan fingerprint density at radius 3 is 2.75 bits per heavy atom. The highest BCUT2D eigenvalue weighted by Crippen LogP contribution is 2.18. The van der Waals surface area contributed by atoms with Crippen molar-refractivity contribution in [1.82, 2.24) is 4.90 Å².